The average molecular weight is 358 g/mol. The first-order chi connectivity index (χ1) is 11.1. The first-order valence-electron chi connectivity index (χ1n) is 6.02. The Morgan fingerprint density at radius 3 is 1.71 bits per heavy atom. The maximum atomic E-state index is 13.7. The summed E-state index contributed by atoms with van der Waals surface area (Å²) in [6.07, 6.45) is -5.07. The molecule has 24 heavy (non-hydrogen) atoms. The molecule has 0 aliphatic rings. The van der Waals surface area contributed by atoms with Crippen molar-refractivity contribution in [1.82, 2.24) is 0 Å². The number of ether oxygens (including phenoxy) is 2. The van der Waals surface area contributed by atoms with Crippen LogP contribution in [0.5, 0.6) is 11.5 Å². The van der Waals surface area contributed by atoms with Gasteiger partial charge in [-0.15, -0.1) is 13.2 Å². The van der Waals surface area contributed by atoms with E-state index >= 15 is 0 Å². The molecule has 2 aromatic carbocycles. The zero-order valence-electron chi connectivity index (χ0n) is 11.6. The lowest BCUT2D eigenvalue weighted by Crippen LogP contribution is -2.17. The standard InChI is InChI=1S/C14H6F8O2/c1-23-7-4-5(2-3-6(7)24-14(20,21)22)8-9(15)11(17)13(19)12(18)10(8)16/h2-4H,1H3. The molecule has 0 aliphatic heterocycles. The van der Waals surface area contributed by atoms with Crippen molar-refractivity contribution >= 4 is 0 Å². The Hall–Kier alpha value is -2.52. The number of hydrogen-bond acceptors (Lipinski definition) is 2. The van der Waals surface area contributed by atoms with Crippen molar-refractivity contribution in [3.8, 4) is 22.6 Å². The highest BCUT2D eigenvalue weighted by Gasteiger charge is 2.33. The molecule has 0 N–H and O–H groups in total. The van der Waals surface area contributed by atoms with E-state index in [0.717, 1.165) is 7.11 Å². The van der Waals surface area contributed by atoms with Crippen LogP contribution in [0.15, 0.2) is 18.2 Å². The van der Waals surface area contributed by atoms with Gasteiger partial charge in [0, 0.05) is 0 Å². The summed E-state index contributed by atoms with van der Waals surface area (Å²) in [5, 5.41) is 0. The monoisotopic (exact) mass is 358 g/mol. The fourth-order valence-electron chi connectivity index (χ4n) is 1.89. The molecule has 0 bridgehead atoms. The van der Waals surface area contributed by atoms with Crippen LogP contribution in [0, 0.1) is 29.1 Å². The van der Waals surface area contributed by atoms with Crippen LogP contribution in [-0.4, -0.2) is 13.5 Å². The third-order valence-corrected chi connectivity index (χ3v) is 2.89. The van der Waals surface area contributed by atoms with Gasteiger partial charge in [0.05, 0.1) is 12.7 Å². The Morgan fingerprint density at radius 1 is 0.750 bits per heavy atom. The molecular weight excluding hydrogens is 352 g/mol. The summed E-state index contributed by atoms with van der Waals surface area (Å²) in [5.41, 5.74) is -1.89. The van der Waals surface area contributed by atoms with E-state index in [9.17, 15) is 35.1 Å². The summed E-state index contributed by atoms with van der Waals surface area (Å²) in [5.74, 6) is -12.4. The Labute approximate surface area is 129 Å². The van der Waals surface area contributed by atoms with Crippen LogP contribution in [0.2, 0.25) is 0 Å². The van der Waals surface area contributed by atoms with Crippen LogP contribution >= 0.6 is 0 Å². The lowest BCUT2D eigenvalue weighted by Gasteiger charge is -2.14. The zero-order valence-corrected chi connectivity index (χ0v) is 11.6. The highest BCUT2D eigenvalue weighted by Crippen LogP contribution is 2.38. The minimum Gasteiger partial charge on any atom is -0.493 e. The normalized spacial score (nSPS) is 11.5. The minimum atomic E-state index is -5.07. The maximum absolute atomic E-state index is 13.7. The summed E-state index contributed by atoms with van der Waals surface area (Å²) in [4.78, 5) is 0. The molecule has 0 spiro atoms. The largest absolute Gasteiger partial charge is 0.573 e. The Balaban J connectivity index is 2.63. The van der Waals surface area contributed by atoms with Gasteiger partial charge in [-0.25, -0.2) is 22.0 Å². The minimum absolute atomic E-state index is 0.589. The third-order valence-electron chi connectivity index (χ3n) is 2.89. The summed E-state index contributed by atoms with van der Waals surface area (Å²) in [7, 11) is 0.931. The fourth-order valence-corrected chi connectivity index (χ4v) is 1.89. The Morgan fingerprint density at radius 2 is 1.25 bits per heavy atom. The molecule has 0 fully saturated rings. The number of alkyl halides is 3. The van der Waals surface area contributed by atoms with Gasteiger partial charge in [0.2, 0.25) is 5.82 Å². The van der Waals surface area contributed by atoms with Gasteiger partial charge in [-0.2, -0.15) is 0 Å². The van der Waals surface area contributed by atoms with E-state index in [4.69, 9.17) is 0 Å². The van der Waals surface area contributed by atoms with Crippen molar-refractivity contribution in [2.75, 3.05) is 7.11 Å². The Bertz CT molecular complexity index is 756. The molecule has 130 valence electrons. The van der Waals surface area contributed by atoms with Gasteiger partial charge in [0.1, 0.15) is 0 Å². The van der Waals surface area contributed by atoms with E-state index in [1.54, 1.807) is 0 Å². The van der Waals surface area contributed by atoms with Crippen LogP contribution in [0.1, 0.15) is 0 Å². The van der Waals surface area contributed by atoms with Crippen molar-refractivity contribution in [3.05, 3.63) is 47.3 Å². The van der Waals surface area contributed by atoms with Crippen LogP contribution in [0.4, 0.5) is 35.1 Å². The first-order valence-corrected chi connectivity index (χ1v) is 6.02. The maximum Gasteiger partial charge on any atom is 0.573 e. The molecule has 2 rings (SSSR count). The summed E-state index contributed by atoms with van der Waals surface area (Å²) in [6, 6.07) is 1.97. The van der Waals surface area contributed by atoms with Crippen LogP contribution < -0.4 is 9.47 Å². The number of rotatable bonds is 3. The van der Waals surface area contributed by atoms with Crippen molar-refractivity contribution in [2.24, 2.45) is 0 Å². The number of benzene rings is 2. The summed E-state index contributed by atoms with van der Waals surface area (Å²) >= 11 is 0. The summed E-state index contributed by atoms with van der Waals surface area (Å²) < 4.78 is 112. The van der Waals surface area contributed by atoms with Crippen molar-refractivity contribution in [3.63, 3.8) is 0 Å². The molecule has 2 aromatic rings. The SMILES string of the molecule is COc1cc(-c2c(F)c(F)c(F)c(F)c2F)ccc1OC(F)(F)F. The average Bonchev–Trinajstić information content (AvgIpc) is 2.51. The van der Waals surface area contributed by atoms with E-state index in [2.05, 4.69) is 9.47 Å². The van der Waals surface area contributed by atoms with Gasteiger partial charge in [0.25, 0.3) is 0 Å². The van der Waals surface area contributed by atoms with Crippen LogP contribution in [-0.2, 0) is 0 Å². The molecule has 0 heterocycles. The molecule has 2 nitrogen and oxygen atoms in total. The van der Waals surface area contributed by atoms with E-state index < -0.39 is 58.1 Å². The smallest absolute Gasteiger partial charge is 0.493 e. The number of methoxy groups -OCH3 is 1. The van der Waals surface area contributed by atoms with Crippen LogP contribution in [0.3, 0.4) is 0 Å². The molecule has 0 aliphatic carbocycles. The molecule has 0 saturated carbocycles. The first kappa shape index (κ1) is 17.8. The Kier molecular flexibility index (Phi) is 4.59. The lowest BCUT2D eigenvalue weighted by molar-refractivity contribution is -0.275. The predicted octanol–water partition coefficient (Wildman–Crippen LogP) is 4.96. The molecule has 0 aromatic heterocycles. The summed E-state index contributed by atoms with van der Waals surface area (Å²) in [6.45, 7) is 0. The molecule has 0 unspecified atom stereocenters. The second-order valence-electron chi connectivity index (χ2n) is 4.36. The van der Waals surface area contributed by atoms with Gasteiger partial charge >= 0.3 is 6.36 Å². The molecule has 0 radical (unpaired) electrons. The molecule has 0 atom stereocenters. The van der Waals surface area contributed by atoms with Crippen molar-refractivity contribution in [1.29, 1.82) is 0 Å². The highest BCUT2D eigenvalue weighted by molar-refractivity contribution is 5.68. The molecule has 10 heteroatoms. The van der Waals surface area contributed by atoms with Crippen molar-refractivity contribution < 1.29 is 44.6 Å². The lowest BCUT2D eigenvalue weighted by atomic mass is 10.0. The molecule has 0 saturated heterocycles. The highest BCUT2D eigenvalue weighted by atomic mass is 19.4. The second kappa shape index (κ2) is 6.17. The third kappa shape index (κ3) is 3.22. The van der Waals surface area contributed by atoms with E-state index in [0.29, 0.717) is 18.2 Å². The topological polar surface area (TPSA) is 18.5 Å². The quantitative estimate of drug-likeness (QED) is 0.439. The molecule has 0 amide bonds. The van der Waals surface area contributed by atoms with E-state index in [1.807, 2.05) is 0 Å². The number of hydrogen-bond donors (Lipinski definition) is 0. The van der Waals surface area contributed by atoms with Gasteiger partial charge in [-0.05, 0) is 17.7 Å². The van der Waals surface area contributed by atoms with Gasteiger partial charge < -0.3 is 9.47 Å². The molecular formula is C14H6F8O2. The fraction of sp³-hybridized carbons (Fsp3) is 0.143. The zero-order chi connectivity index (χ0) is 18.2. The van der Waals surface area contributed by atoms with E-state index in [1.165, 1.54) is 0 Å². The predicted molar refractivity (Wildman–Crippen MR) is 64.9 cm³/mol. The second-order valence-corrected chi connectivity index (χ2v) is 4.36. The van der Waals surface area contributed by atoms with Gasteiger partial charge in [-0.1, -0.05) is 6.07 Å². The van der Waals surface area contributed by atoms with E-state index in [-0.39, 0.29) is 0 Å². The van der Waals surface area contributed by atoms with Crippen molar-refractivity contribution in [2.45, 2.75) is 6.36 Å². The number of halogens is 8. The van der Waals surface area contributed by atoms with Gasteiger partial charge in [0.15, 0.2) is 34.8 Å². The van der Waals surface area contributed by atoms with Crippen LogP contribution in [0.25, 0.3) is 11.1 Å². The van der Waals surface area contributed by atoms with Gasteiger partial charge in [-0.3, -0.25) is 0 Å².